The van der Waals surface area contributed by atoms with E-state index in [1.807, 2.05) is 0 Å². The number of nitrogens with zero attached hydrogens (tertiary/aromatic N) is 1. The monoisotopic (exact) mass is 196 g/mol. The van der Waals surface area contributed by atoms with Crippen LogP contribution in [0.15, 0.2) is 24.3 Å². The lowest BCUT2D eigenvalue weighted by Gasteiger charge is -2.13. The van der Waals surface area contributed by atoms with E-state index in [1.165, 1.54) is 17.5 Å². The quantitative estimate of drug-likeness (QED) is 0.682. The first kappa shape index (κ1) is 9.00. The highest BCUT2D eigenvalue weighted by atomic mass is 35.5. The largest absolute Gasteiger partial charge is 0.254 e. The van der Waals surface area contributed by atoms with Crippen molar-refractivity contribution < 1.29 is 0 Å². The molecule has 0 amide bonds. The normalized spacial score (nSPS) is 25.1. The van der Waals surface area contributed by atoms with Crippen molar-refractivity contribution >= 4 is 12.4 Å². The molecule has 3 heteroatoms. The summed E-state index contributed by atoms with van der Waals surface area (Å²) in [6.45, 7) is 2.22. The summed E-state index contributed by atoms with van der Waals surface area (Å²) in [5.41, 5.74) is 6.42. The van der Waals surface area contributed by atoms with Gasteiger partial charge in [-0.15, -0.1) is 12.4 Å². The van der Waals surface area contributed by atoms with Gasteiger partial charge in [0, 0.05) is 13.1 Å². The summed E-state index contributed by atoms with van der Waals surface area (Å²) >= 11 is 0. The van der Waals surface area contributed by atoms with Gasteiger partial charge in [0.1, 0.15) is 0 Å². The van der Waals surface area contributed by atoms with E-state index in [4.69, 9.17) is 0 Å². The highest BCUT2D eigenvalue weighted by Gasteiger charge is 2.32. The number of fused-ring (bicyclic) bond motifs is 3. The number of rotatable bonds is 0. The zero-order valence-electron chi connectivity index (χ0n) is 7.36. The molecule has 0 saturated carbocycles. The van der Waals surface area contributed by atoms with Crippen LogP contribution in [0.2, 0.25) is 0 Å². The maximum absolute atomic E-state index is 3.40. The van der Waals surface area contributed by atoms with E-state index >= 15 is 0 Å². The summed E-state index contributed by atoms with van der Waals surface area (Å²) in [6, 6.07) is 9.41. The Morgan fingerprint density at radius 3 is 3.08 bits per heavy atom. The molecular weight excluding hydrogens is 184 g/mol. The summed E-state index contributed by atoms with van der Waals surface area (Å²) in [7, 11) is 0. The number of hydrogen-bond donors (Lipinski definition) is 1. The molecule has 1 fully saturated rings. The molecule has 2 nitrogen and oxygen atoms in total. The second-order valence-electron chi connectivity index (χ2n) is 3.54. The molecule has 1 aromatic rings. The fourth-order valence-corrected chi connectivity index (χ4v) is 2.29. The van der Waals surface area contributed by atoms with Gasteiger partial charge in [-0.1, -0.05) is 24.3 Å². The molecule has 1 unspecified atom stereocenters. The van der Waals surface area contributed by atoms with Gasteiger partial charge >= 0.3 is 0 Å². The molecule has 1 atom stereocenters. The topological polar surface area (TPSA) is 15.3 Å². The molecule has 70 valence electrons. The first-order valence-electron chi connectivity index (χ1n) is 4.53. The molecule has 0 bridgehead atoms. The van der Waals surface area contributed by atoms with Crippen LogP contribution in [0, 0.1) is 0 Å². The summed E-state index contributed by atoms with van der Waals surface area (Å²) in [6.07, 6.45) is 1.26. The van der Waals surface area contributed by atoms with Gasteiger partial charge in [0.05, 0.1) is 6.04 Å². The third kappa shape index (κ3) is 1.26. The maximum atomic E-state index is 3.40. The lowest BCUT2D eigenvalue weighted by atomic mass is 10.0. The second-order valence-corrected chi connectivity index (χ2v) is 3.54. The van der Waals surface area contributed by atoms with Crippen LogP contribution in [-0.4, -0.2) is 11.6 Å². The van der Waals surface area contributed by atoms with E-state index in [9.17, 15) is 0 Å². The first-order chi connectivity index (χ1) is 5.95. The number of hydrazine groups is 1. The maximum Gasteiger partial charge on any atom is 0.0512 e. The Balaban J connectivity index is 0.000000653. The highest BCUT2D eigenvalue weighted by molar-refractivity contribution is 5.85. The van der Waals surface area contributed by atoms with E-state index in [0.717, 1.165) is 13.1 Å². The summed E-state index contributed by atoms with van der Waals surface area (Å²) < 4.78 is 0. The van der Waals surface area contributed by atoms with Gasteiger partial charge in [0.15, 0.2) is 0 Å². The average Bonchev–Trinajstić information content (AvgIpc) is 2.62. The van der Waals surface area contributed by atoms with Crippen molar-refractivity contribution in [2.75, 3.05) is 6.54 Å². The number of hydrogen-bond acceptors (Lipinski definition) is 2. The molecule has 0 spiro atoms. The van der Waals surface area contributed by atoms with Crippen molar-refractivity contribution in [3.8, 4) is 0 Å². The Labute approximate surface area is 84.3 Å². The van der Waals surface area contributed by atoms with Gasteiger partial charge in [-0.2, -0.15) is 0 Å². The lowest BCUT2D eigenvalue weighted by Crippen LogP contribution is -2.27. The molecule has 2 heterocycles. The fraction of sp³-hybridized carbons (Fsp3) is 0.400. The van der Waals surface area contributed by atoms with Gasteiger partial charge in [0.2, 0.25) is 0 Å². The molecule has 1 N–H and O–H groups in total. The van der Waals surface area contributed by atoms with Gasteiger partial charge in [0.25, 0.3) is 0 Å². The van der Waals surface area contributed by atoms with E-state index in [2.05, 4.69) is 34.7 Å². The Bertz CT molecular complexity index is 314. The molecular formula is C10H13ClN2. The summed E-state index contributed by atoms with van der Waals surface area (Å²) in [5.74, 6) is 0. The van der Waals surface area contributed by atoms with Crippen molar-refractivity contribution in [1.29, 1.82) is 0 Å². The molecule has 2 aliphatic rings. The van der Waals surface area contributed by atoms with E-state index < -0.39 is 0 Å². The molecule has 0 radical (unpaired) electrons. The van der Waals surface area contributed by atoms with Gasteiger partial charge in [-0.05, 0) is 17.5 Å². The van der Waals surface area contributed by atoms with Crippen molar-refractivity contribution in [3.05, 3.63) is 35.4 Å². The van der Waals surface area contributed by atoms with Crippen LogP contribution in [0.5, 0.6) is 0 Å². The smallest absolute Gasteiger partial charge is 0.0512 e. The van der Waals surface area contributed by atoms with E-state index in [-0.39, 0.29) is 12.4 Å². The molecule has 2 aliphatic heterocycles. The number of nitrogens with one attached hydrogen (secondary N) is 1. The van der Waals surface area contributed by atoms with Gasteiger partial charge in [-0.3, -0.25) is 5.43 Å². The van der Waals surface area contributed by atoms with Crippen molar-refractivity contribution in [1.82, 2.24) is 10.4 Å². The van der Waals surface area contributed by atoms with Gasteiger partial charge < -0.3 is 0 Å². The zero-order valence-corrected chi connectivity index (χ0v) is 8.18. The minimum Gasteiger partial charge on any atom is -0.254 e. The number of halogens is 1. The first-order valence-corrected chi connectivity index (χ1v) is 4.53. The van der Waals surface area contributed by atoms with Crippen LogP contribution < -0.4 is 5.43 Å². The fourth-order valence-electron chi connectivity index (χ4n) is 2.29. The average molecular weight is 197 g/mol. The predicted octanol–water partition coefficient (Wildman–Crippen LogP) is 1.87. The summed E-state index contributed by atoms with van der Waals surface area (Å²) in [4.78, 5) is 0. The van der Waals surface area contributed by atoms with Crippen LogP contribution in [0.1, 0.15) is 23.6 Å². The van der Waals surface area contributed by atoms with E-state index in [1.54, 1.807) is 0 Å². The minimum atomic E-state index is 0. The molecule has 1 aromatic carbocycles. The van der Waals surface area contributed by atoms with Gasteiger partial charge in [-0.25, -0.2) is 5.01 Å². The SMILES string of the molecule is Cl.c1ccc2c(c1)CN1NCCC21. The highest BCUT2D eigenvalue weighted by Crippen LogP contribution is 2.36. The molecule has 0 aliphatic carbocycles. The Hall–Kier alpha value is -0.570. The Morgan fingerprint density at radius 2 is 2.15 bits per heavy atom. The summed E-state index contributed by atoms with van der Waals surface area (Å²) in [5, 5.41) is 2.35. The minimum absolute atomic E-state index is 0. The predicted molar refractivity (Wildman–Crippen MR) is 54.6 cm³/mol. The van der Waals surface area contributed by atoms with Crippen LogP contribution in [0.25, 0.3) is 0 Å². The van der Waals surface area contributed by atoms with Crippen molar-refractivity contribution in [3.63, 3.8) is 0 Å². The Kier molecular flexibility index (Phi) is 2.28. The lowest BCUT2D eigenvalue weighted by molar-refractivity contribution is 0.204. The van der Waals surface area contributed by atoms with Crippen molar-refractivity contribution in [2.24, 2.45) is 0 Å². The Morgan fingerprint density at radius 1 is 1.31 bits per heavy atom. The molecule has 3 rings (SSSR count). The third-order valence-electron chi connectivity index (χ3n) is 2.86. The second kappa shape index (κ2) is 3.29. The van der Waals surface area contributed by atoms with Crippen LogP contribution in [-0.2, 0) is 6.54 Å². The molecule has 0 aromatic heterocycles. The zero-order chi connectivity index (χ0) is 7.97. The van der Waals surface area contributed by atoms with Crippen LogP contribution in [0.3, 0.4) is 0 Å². The number of benzene rings is 1. The van der Waals surface area contributed by atoms with E-state index in [0.29, 0.717) is 6.04 Å². The van der Waals surface area contributed by atoms with Crippen LogP contribution >= 0.6 is 12.4 Å². The molecule has 13 heavy (non-hydrogen) atoms. The standard InChI is InChI=1S/C10H12N2.ClH/c1-2-4-9-8(3-1)7-12-10(9)5-6-11-12;/h1-4,10-11H,5-7H2;1H. The van der Waals surface area contributed by atoms with Crippen LogP contribution in [0.4, 0.5) is 0 Å². The third-order valence-corrected chi connectivity index (χ3v) is 2.86. The molecule has 1 saturated heterocycles. The van der Waals surface area contributed by atoms with Crippen molar-refractivity contribution in [2.45, 2.75) is 19.0 Å².